The first-order chi connectivity index (χ1) is 7.38. The molecule has 0 aromatic rings. The largest absolute Gasteiger partial charge is 0.122 e. The normalized spacial score (nSPS) is 29.4. The molecular formula is C15H29Cl. The number of halogens is 1. The minimum absolute atomic E-state index is 0.394. The summed E-state index contributed by atoms with van der Waals surface area (Å²) in [6.45, 7) is 11.7. The van der Waals surface area contributed by atoms with Crippen molar-refractivity contribution >= 4 is 11.6 Å². The molecule has 1 unspecified atom stereocenters. The third kappa shape index (κ3) is 3.39. The summed E-state index contributed by atoms with van der Waals surface area (Å²) in [7, 11) is 0. The minimum Gasteiger partial charge on any atom is -0.122 e. The minimum atomic E-state index is 0.394. The Hall–Kier alpha value is 0.290. The SMILES string of the molecule is CCC(C)(C)C1CCC(C(Cl)C(C)C)CC1. The van der Waals surface area contributed by atoms with E-state index in [0.29, 0.717) is 16.7 Å². The van der Waals surface area contributed by atoms with Crippen molar-refractivity contribution in [3.05, 3.63) is 0 Å². The van der Waals surface area contributed by atoms with Crippen LogP contribution in [-0.2, 0) is 0 Å². The molecule has 0 radical (unpaired) electrons. The van der Waals surface area contributed by atoms with E-state index in [0.717, 1.165) is 11.8 Å². The van der Waals surface area contributed by atoms with E-state index in [4.69, 9.17) is 11.6 Å². The van der Waals surface area contributed by atoms with Gasteiger partial charge in [-0.1, -0.05) is 41.0 Å². The highest BCUT2D eigenvalue weighted by Crippen LogP contribution is 2.44. The van der Waals surface area contributed by atoms with E-state index in [9.17, 15) is 0 Å². The van der Waals surface area contributed by atoms with Crippen molar-refractivity contribution in [1.82, 2.24) is 0 Å². The molecule has 1 atom stereocenters. The quantitative estimate of drug-likeness (QED) is 0.574. The molecule has 0 bridgehead atoms. The van der Waals surface area contributed by atoms with E-state index in [-0.39, 0.29) is 0 Å². The standard InChI is InChI=1S/C15H29Cl/c1-6-15(4,5)13-9-7-12(8-10-13)14(16)11(2)3/h11-14H,6-10H2,1-5H3. The number of hydrogen-bond donors (Lipinski definition) is 0. The van der Waals surface area contributed by atoms with Crippen molar-refractivity contribution in [2.75, 3.05) is 0 Å². The predicted molar refractivity (Wildman–Crippen MR) is 74.0 cm³/mol. The van der Waals surface area contributed by atoms with E-state index in [1.807, 2.05) is 0 Å². The summed E-state index contributed by atoms with van der Waals surface area (Å²) in [5.74, 6) is 2.32. The van der Waals surface area contributed by atoms with Crippen LogP contribution in [0.2, 0.25) is 0 Å². The molecule has 0 heterocycles. The second-order valence-electron chi connectivity index (χ2n) is 6.64. The summed E-state index contributed by atoms with van der Waals surface area (Å²) in [6.07, 6.45) is 6.78. The van der Waals surface area contributed by atoms with Gasteiger partial charge in [-0.15, -0.1) is 11.6 Å². The van der Waals surface area contributed by atoms with Gasteiger partial charge in [-0.2, -0.15) is 0 Å². The highest BCUT2D eigenvalue weighted by atomic mass is 35.5. The molecule has 0 nitrogen and oxygen atoms in total. The Morgan fingerprint density at radius 3 is 2.00 bits per heavy atom. The molecule has 0 aromatic heterocycles. The van der Waals surface area contributed by atoms with Crippen LogP contribution >= 0.6 is 11.6 Å². The molecule has 1 fully saturated rings. The van der Waals surface area contributed by atoms with Gasteiger partial charge >= 0.3 is 0 Å². The van der Waals surface area contributed by atoms with Crippen molar-refractivity contribution in [3.63, 3.8) is 0 Å². The Morgan fingerprint density at radius 1 is 1.12 bits per heavy atom. The molecule has 1 rings (SSSR count). The number of alkyl halides is 1. The first kappa shape index (κ1) is 14.4. The van der Waals surface area contributed by atoms with Crippen molar-refractivity contribution in [3.8, 4) is 0 Å². The molecule has 0 amide bonds. The van der Waals surface area contributed by atoms with Crippen molar-refractivity contribution < 1.29 is 0 Å². The van der Waals surface area contributed by atoms with E-state index in [2.05, 4.69) is 34.6 Å². The summed E-state index contributed by atoms with van der Waals surface area (Å²) in [6, 6.07) is 0. The van der Waals surface area contributed by atoms with Crippen molar-refractivity contribution in [2.24, 2.45) is 23.2 Å². The van der Waals surface area contributed by atoms with Gasteiger partial charge in [0.25, 0.3) is 0 Å². The predicted octanol–water partition coefficient (Wildman–Crippen LogP) is 5.49. The van der Waals surface area contributed by atoms with E-state index in [1.165, 1.54) is 32.1 Å². The van der Waals surface area contributed by atoms with E-state index >= 15 is 0 Å². The first-order valence-corrected chi connectivity index (χ1v) is 7.46. The molecule has 0 saturated heterocycles. The molecule has 1 heteroatoms. The van der Waals surface area contributed by atoms with Gasteiger partial charge in [0, 0.05) is 5.38 Å². The van der Waals surface area contributed by atoms with Crippen LogP contribution in [0, 0.1) is 23.2 Å². The lowest BCUT2D eigenvalue weighted by molar-refractivity contribution is 0.123. The van der Waals surface area contributed by atoms with Gasteiger partial charge in [0.2, 0.25) is 0 Å². The van der Waals surface area contributed by atoms with Crippen molar-refractivity contribution in [2.45, 2.75) is 72.1 Å². The fourth-order valence-electron chi connectivity index (χ4n) is 3.05. The Balaban J connectivity index is 2.45. The van der Waals surface area contributed by atoms with Crippen LogP contribution in [0.3, 0.4) is 0 Å². The van der Waals surface area contributed by atoms with E-state index in [1.54, 1.807) is 0 Å². The molecule has 1 aliphatic carbocycles. The van der Waals surface area contributed by atoms with Crippen LogP contribution in [0.4, 0.5) is 0 Å². The molecule has 16 heavy (non-hydrogen) atoms. The molecule has 1 aliphatic rings. The van der Waals surface area contributed by atoms with Gasteiger partial charge in [-0.05, 0) is 48.9 Å². The maximum absolute atomic E-state index is 6.49. The fraction of sp³-hybridized carbons (Fsp3) is 1.00. The zero-order valence-corrected chi connectivity index (χ0v) is 12.5. The van der Waals surface area contributed by atoms with Crippen molar-refractivity contribution in [1.29, 1.82) is 0 Å². The molecule has 0 N–H and O–H groups in total. The average molecular weight is 245 g/mol. The lowest BCUT2D eigenvalue weighted by atomic mass is 9.66. The Labute approximate surface area is 107 Å². The summed E-state index contributed by atoms with van der Waals surface area (Å²) in [4.78, 5) is 0. The maximum Gasteiger partial charge on any atom is 0.0387 e. The summed E-state index contributed by atoms with van der Waals surface area (Å²) in [5, 5.41) is 0.394. The van der Waals surface area contributed by atoms with Gasteiger partial charge in [-0.25, -0.2) is 0 Å². The third-order valence-corrected chi connectivity index (χ3v) is 5.74. The van der Waals surface area contributed by atoms with Crippen LogP contribution < -0.4 is 0 Å². The number of hydrogen-bond acceptors (Lipinski definition) is 0. The first-order valence-electron chi connectivity index (χ1n) is 7.02. The zero-order valence-electron chi connectivity index (χ0n) is 11.7. The highest BCUT2D eigenvalue weighted by molar-refractivity contribution is 6.20. The summed E-state index contributed by atoms with van der Waals surface area (Å²) >= 11 is 6.49. The second kappa shape index (κ2) is 5.76. The second-order valence-corrected chi connectivity index (χ2v) is 7.15. The molecule has 0 spiro atoms. The lowest BCUT2D eigenvalue weighted by Crippen LogP contribution is -2.31. The zero-order chi connectivity index (χ0) is 12.3. The van der Waals surface area contributed by atoms with Gasteiger partial charge in [0.15, 0.2) is 0 Å². The lowest BCUT2D eigenvalue weighted by Gasteiger charge is -2.40. The Bertz CT molecular complexity index is 199. The monoisotopic (exact) mass is 244 g/mol. The summed E-state index contributed by atoms with van der Waals surface area (Å²) < 4.78 is 0. The van der Waals surface area contributed by atoms with Crippen LogP contribution in [-0.4, -0.2) is 5.38 Å². The van der Waals surface area contributed by atoms with Gasteiger partial charge < -0.3 is 0 Å². The van der Waals surface area contributed by atoms with Crippen LogP contribution in [0.15, 0.2) is 0 Å². The average Bonchev–Trinajstić information content (AvgIpc) is 2.28. The summed E-state index contributed by atoms with van der Waals surface area (Å²) in [5.41, 5.74) is 0.532. The smallest absolute Gasteiger partial charge is 0.0387 e. The van der Waals surface area contributed by atoms with Gasteiger partial charge in [0.05, 0.1) is 0 Å². The molecular weight excluding hydrogens is 216 g/mol. The molecule has 0 aliphatic heterocycles. The van der Waals surface area contributed by atoms with Gasteiger partial charge in [-0.3, -0.25) is 0 Å². The van der Waals surface area contributed by atoms with E-state index < -0.39 is 0 Å². The number of rotatable bonds is 4. The van der Waals surface area contributed by atoms with Crippen LogP contribution in [0.25, 0.3) is 0 Å². The molecule has 1 saturated carbocycles. The highest BCUT2D eigenvalue weighted by Gasteiger charge is 2.34. The topological polar surface area (TPSA) is 0 Å². The van der Waals surface area contributed by atoms with Gasteiger partial charge in [0.1, 0.15) is 0 Å². The van der Waals surface area contributed by atoms with Crippen LogP contribution in [0.5, 0.6) is 0 Å². The molecule has 96 valence electrons. The third-order valence-electron chi connectivity index (χ3n) is 4.88. The van der Waals surface area contributed by atoms with Crippen LogP contribution in [0.1, 0.15) is 66.7 Å². The Kier molecular flexibility index (Phi) is 5.16. The Morgan fingerprint density at radius 2 is 1.62 bits per heavy atom. The fourth-order valence-corrected chi connectivity index (χ4v) is 3.30. The molecule has 0 aromatic carbocycles. The maximum atomic E-state index is 6.49.